The van der Waals surface area contributed by atoms with Gasteiger partial charge in [0.2, 0.25) is 0 Å². The molecule has 0 amide bonds. The predicted molar refractivity (Wildman–Crippen MR) is 58.8 cm³/mol. The predicted octanol–water partition coefficient (Wildman–Crippen LogP) is 2.63. The monoisotopic (exact) mass is 252 g/mol. The first kappa shape index (κ1) is 11.3. The van der Waals surface area contributed by atoms with Crippen molar-refractivity contribution in [3.8, 4) is 11.3 Å². The van der Waals surface area contributed by atoms with Crippen LogP contribution in [0.15, 0.2) is 34.9 Å². The number of benzene rings is 1. The fourth-order valence-electron chi connectivity index (χ4n) is 1.28. The van der Waals surface area contributed by atoms with E-state index in [0.717, 1.165) is 0 Å². The first-order valence-electron chi connectivity index (χ1n) is 4.49. The van der Waals surface area contributed by atoms with Crippen molar-refractivity contribution in [1.82, 2.24) is 5.16 Å². The molecule has 17 heavy (non-hydrogen) atoms. The van der Waals surface area contributed by atoms with Gasteiger partial charge in [0.05, 0.1) is 4.92 Å². The molecule has 7 heteroatoms. The van der Waals surface area contributed by atoms with Crippen LogP contribution in [0, 0.1) is 10.1 Å². The second-order valence-corrected chi connectivity index (χ2v) is 3.50. The average molecular weight is 253 g/mol. The summed E-state index contributed by atoms with van der Waals surface area (Å²) in [6, 6.07) is 7.12. The van der Waals surface area contributed by atoms with Crippen LogP contribution in [0.2, 0.25) is 0 Å². The van der Waals surface area contributed by atoms with E-state index in [1.54, 1.807) is 6.07 Å². The smallest absolute Gasteiger partial charge is 0.274 e. The highest BCUT2D eigenvalue weighted by Gasteiger charge is 2.13. The summed E-state index contributed by atoms with van der Waals surface area (Å²) in [5.41, 5.74) is 0.349. The highest BCUT2D eigenvalue weighted by Crippen LogP contribution is 2.24. The molecule has 2 rings (SSSR count). The van der Waals surface area contributed by atoms with Crippen LogP contribution in [-0.2, 0) is 0 Å². The van der Waals surface area contributed by atoms with Gasteiger partial charge in [0.25, 0.3) is 10.9 Å². The van der Waals surface area contributed by atoms with Gasteiger partial charge in [-0.15, -0.1) is 0 Å². The van der Waals surface area contributed by atoms with E-state index < -0.39 is 10.2 Å². The molecule has 0 unspecified atom stereocenters. The van der Waals surface area contributed by atoms with Crippen LogP contribution in [0.5, 0.6) is 0 Å². The Morgan fingerprint density at radius 1 is 1.41 bits per heavy atom. The number of hydrogen-bond donors (Lipinski definition) is 0. The number of nitro benzene ring substituents is 1. The van der Waals surface area contributed by atoms with Gasteiger partial charge in [-0.3, -0.25) is 14.9 Å². The van der Waals surface area contributed by atoms with E-state index in [0.29, 0.717) is 5.56 Å². The van der Waals surface area contributed by atoms with Crippen LogP contribution in [0.1, 0.15) is 10.5 Å². The van der Waals surface area contributed by atoms with Gasteiger partial charge in [0.1, 0.15) is 0 Å². The summed E-state index contributed by atoms with van der Waals surface area (Å²) in [6.45, 7) is 0. The van der Waals surface area contributed by atoms with E-state index in [9.17, 15) is 14.9 Å². The lowest BCUT2D eigenvalue weighted by Crippen LogP contribution is -1.87. The summed E-state index contributed by atoms with van der Waals surface area (Å²) in [6.07, 6.45) is 0. The molecule has 0 atom stereocenters. The van der Waals surface area contributed by atoms with Crippen LogP contribution < -0.4 is 0 Å². The zero-order chi connectivity index (χ0) is 12.4. The van der Waals surface area contributed by atoms with Crippen LogP contribution in [-0.4, -0.2) is 15.3 Å². The number of nitrogens with zero attached hydrogens (tertiary/aromatic N) is 2. The third kappa shape index (κ3) is 2.31. The van der Waals surface area contributed by atoms with Crippen molar-refractivity contribution in [3.05, 3.63) is 46.1 Å². The Kier molecular flexibility index (Phi) is 2.88. The van der Waals surface area contributed by atoms with E-state index in [-0.39, 0.29) is 17.1 Å². The minimum Gasteiger partial charge on any atom is -0.356 e. The summed E-state index contributed by atoms with van der Waals surface area (Å²) < 4.78 is 4.87. The molecule has 1 heterocycles. The van der Waals surface area contributed by atoms with Crippen LogP contribution >= 0.6 is 11.6 Å². The quantitative estimate of drug-likeness (QED) is 0.476. The zero-order valence-corrected chi connectivity index (χ0v) is 9.05. The molecule has 0 saturated heterocycles. The van der Waals surface area contributed by atoms with Crippen molar-refractivity contribution >= 4 is 22.5 Å². The van der Waals surface area contributed by atoms with Gasteiger partial charge in [-0.25, -0.2) is 0 Å². The Bertz CT molecular complexity index is 593. The maximum absolute atomic E-state index is 10.8. The lowest BCUT2D eigenvalue weighted by molar-refractivity contribution is -0.384. The fraction of sp³-hybridized carbons (Fsp3) is 0. The minimum absolute atomic E-state index is 0.0341. The number of hydrogen-bond acceptors (Lipinski definition) is 5. The van der Waals surface area contributed by atoms with Crippen molar-refractivity contribution in [3.63, 3.8) is 0 Å². The SMILES string of the molecule is O=C(Cl)c1cc(-c2cccc([N+](=O)[O-])c2)on1. The number of carbonyl (C=O) groups excluding carboxylic acids is 1. The standard InChI is InChI=1S/C10H5ClN2O4/c11-10(14)8-5-9(17-12-8)6-2-1-3-7(4-6)13(15)16/h1-5H. The maximum atomic E-state index is 10.8. The lowest BCUT2D eigenvalue weighted by atomic mass is 10.1. The van der Waals surface area contributed by atoms with Gasteiger partial charge in [0.15, 0.2) is 11.5 Å². The van der Waals surface area contributed by atoms with Crippen molar-refractivity contribution in [1.29, 1.82) is 0 Å². The summed E-state index contributed by atoms with van der Waals surface area (Å²) in [7, 11) is 0. The van der Waals surface area contributed by atoms with E-state index in [4.69, 9.17) is 16.1 Å². The highest BCUT2D eigenvalue weighted by atomic mass is 35.5. The largest absolute Gasteiger partial charge is 0.356 e. The molecule has 2 aromatic rings. The summed E-state index contributed by atoms with van der Waals surface area (Å²) in [5, 5.41) is 13.3. The first-order valence-corrected chi connectivity index (χ1v) is 4.87. The first-order chi connectivity index (χ1) is 8.08. The molecular formula is C10H5ClN2O4. The topological polar surface area (TPSA) is 86.2 Å². The minimum atomic E-state index is -0.745. The van der Waals surface area contributed by atoms with Gasteiger partial charge in [0, 0.05) is 23.8 Å². The van der Waals surface area contributed by atoms with Crippen molar-refractivity contribution < 1.29 is 14.2 Å². The number of non-ortho nitro benzene ring substituents is 1. The number of halogens is 1. The van der Waals surface area contributed by atoms with Gasteiger partial charge in [-0.05, 0) is 11.6 Å². The van der Waals surface area contributed by atoms with Gasteiger partial charge < -0.3 is 4.52 Å². The molecule has 86 valence electrons. The Morgan fingerprint density at radius 3 is 2.76 bits per heavy atom. The number of carbonyl (C=O) groups is 1. The van der Waals surface area contributed by atoms with Gasteiger partial charge >= 0.3 is 0 Å². The second-order valence-electron chi connectivity index (χ2n) is 3.16. The van der Waals surface area contributed by atoms with E-state index in [1.165, 1.54) is 24.3 Å². The molecule has 1 aromatic carbocycles. The third-order valence-electron chi connectivity index (χ3n) is 2.05. The normalized spacial score (nSPS) is 10.2. The fourth-order valence-corrected chi connectivity index (χ4v) is 1.37. The molecule has 0 aliphatic rings. The average Bonchev–Trinajstić information content (AvgIpc) is 2.78. The zero-order valence-electron chi connectivity index (χ0n) is 8.29. The van der Waals surface area contributed by atoms with E-state index in [1.807, 2.05) is 0 Å². The molecule has 0 saturated carbocycles. The molecular weight excluding hydrogens is 248 g/mol. The Morgan fingerprint density at radius 2 is 2.18 bits per heavy atom. The maximum Gasteiger partial charge on any atom is 0.274 e. The van der Waals surface area contributed by atoms with Gasteiger partial charge in [-0.2, -0.15) is 0 Å². The Labute approximate surface area is 99.9 Å². The van der Waals surface area contributed by atoms with Gasteiger partial charge in [-0.1, -0.05) is 17.3 Å². The molecule has 0 aliphatic carbocycles. The highest BCUT2D eigenvalue weighted by molar-refractivity contribution is 6.67. The molecule has 0 fully saturated rings. The van der Waals surface area contributed by atoms with Crippen molar-refractivity contribution in [2.24, 2.45) is 0 Å². The summed E-state index contributed by atoms with van der Waals surface area (Å²) in [5.74, 6) is 0.248. The molecule has 0 aliphatic heterocycles. The number of aromatic nitrogens is 1. The van der Waals surface area contributed by atoms with Crippen LogP contribution in [0.4, 0.5) is 5.69 Å². The summed E-state index contributed by atoms with van der Waals surface area (Å²) >= 11 is 5.22. The summed E-state index contributed by atoms with van der Waals surface area (Å²) in [4.78, 5) is 20.9. The second kappa shape index (κ2) is 4.34. The van der Waals surface area contributed by atoms with Crippen LogP contribution in [0.3, 0.4) is 0 Å². The third-order valence-corrected chi connectivity index (χ3v) is 2.25. The molecule has 0 N–H and O–H groups in total. The van der Waals surface area contributed by atoms with E-state index in [2.05, 4.69) is 5.16 Å². The van der Waals surface area contributed by atoms with Crippen molar-refractivity contribution in [2.45, 2.75) is 0 Å². The Balaban J connectivity index is 2.42. The lowest BCUT2D eigenvalue weighted by Gasteiger charge is -1.94. The molecule has 0 spiro atoms. The number of rotatable bonds is 3. The molecule has 0 bridgehead atoms. The molecule has 0 radical (unpaired) electrons. The molecule has 6 nitrogen and oxygen atoms in total. The van der Waals surface area contributed by atoms with Crippen molar-refractivity contribution in [2.75, 3.05) is 0 Å². The van der Waals surface area contributed by atoms with Crippen LogP contribution in [0.25, 0.3) is 11.3 Å². The number of nitro groups is 1. The Hall–Kier alpha value is -2.21. The molecule has 1 aromatic heterocycles. The van der Waals surface area contributed by atoms with E-state index >= 15 is 0 Å².